The maximum absolute atomic E-state index is 12.2. The molecule has 1 aliphatic carbocycles. The van der Waals surface area contributed by atoms with Crippen LogP contribution >= 0.6 is 0 Å². The third-order valence-electron chi connectivity index (χ3n) is 11.6. The van der Waals surface area contributed by atoms with E-state index in [9.17, 15) is 19.7 Å². The molecule has 0 radical (unpaired) electrons. The highest BCUT2D eigenvalue weighted by atomic mass is 16.7. The molecular formula is C49H49N7O5. The molecular weight excluding hydrogens is 767 g/mol. The van der Waals surface area contributed by atoms with Crippen LogP contribution in [0.4, 0.5) is 28.4 Å². The number of benzene rings is 5. The number of hydrogen-bond donors (Lipinski definition) is 0. The van der Waals surface area contributed by atoms with Crippen LogP contribution in [0, 0.1) is 10.1 Å². The van der Waals surface area contributed by atoms with E-state index in [4.69, 9.17) is 9.82 Å². The molecule has 2 aliphatic rings. The molecule has 1 saturated carbocycles. The fraction of sp³-hybridized carbons (Fsp3) is 0.286. The minimum absolute atomic E-state index is 0.0177. The number of nitro groups is 1. The number of oxime groups is 1. The largest absolute Gasteiger partial charge is 0.367 e. The highest BCUT2D eigenvalue weighted by Gasteiger charge is 2.28. The van der Waals surface area contributed by atoms with E-state index in [1.165, 1.54) is 30.7 Å². The first-order valence-corrected chi connectivity index (χ1v) is 20.9. The molecule has 0 atom stereocenters. The molecule has 2 heterocycles. The van der Waals surface area contributed by atoms with E-state index in [1.807, 2.05) is 54.0 Å². The van der Waals surface area contributed by atoms with Crippen molar-refractivity contribution in [2.45, 2.75) is 78.7 Å². The van der Waals surface area contributed by atoms with Crippen LogP contribution in [0.25, 0.3) is 16.7 Å². The Hall–Kier alpha value is -6.95. The molecule has 1 aromatic heterocycles. The molecule has 0 saturated heterocycles. The van der Waals surface area contributed by atoms with E-state index in [0.29, 0.717) is 22.8 Å². The van der Waals surface area contributed by atoms with Gasteiger partial charge in [-0.3, -0.25) is 24.5 Å². The van der Waals surface area contributed by atoms with Crippen LogP contribution < -0.4 is 9.80 Å². The SMILES string of the molecule is CC(=O)CN=C(C)c1nc2cc(N(c3ccc(/C(C)=N\OC(C)=O)cc3)c3ccc4c(c3)CCCN4Cc3ccccc3)ccc2n1-c1ccc([N+](=O)[O-])c(C2CCCC2)c1. The number of carbonyl (C=O) groups excluding carboxylic acids is 2. The number of aliphatic imine (C=N–C) groups is 1. The van der Waals surface area contributed by atoms with Crippen molar-refractivity contribution in [2.24, 2.45) is 10.1 Å². The zero-order valence-electron chi connectivity index (χ0n) is 35.0. The first kappa shape index (κ1) is 40.8. The summed E-state index contributed by atoms with van der Waals surface area (Å²) in [7, 11) is 0. The van der Waals surface area contributed by atoms with Crippen molar-refractivity contribution in [3.63, 3.8) is 0 Å². The molecule has 12 heteroatoms. The summed E-state index contributed by atoms with van der Waals surface area (Å²) in [6.07, 6.45) is 5.90. The molecule has 1 aliphatic heterocycles. The number of ketones is 1. The van der Waals surface area contributed by atoms with Crippen molar-refractivity contribution < 1.29 is 19.3 Å². The highest BCUT2D eigenvalue weighted by molar-refractivity contribution is 6.02. The van der Waals surface area contributed by atoms with E-state index in [0.717, 1.165) is 91.0 Å². The molecule has 0 N–H and O–H groups in total. The lowest BCUT2D eigenvalue weighted by Crippen LogP contribution is -2.29. The first-order chi connectivity index (χ1) is 29.5. The Kier molecular flexibility index (Phi) is 11.9. The first-order valence-electron chi connectivity index (χ1n) is 20.9. The maximum Gasteiger partial charge on any atom is 0.331 e. The molecule has 61 heavy (non-hydrogen) atoms. The number of Topliss-reactive ketones (excluding diaryl/α,β-unsaturated/α-hetero) is 1. The van der Waals surface area contributed by atoms with Gasteiger partial charge in [0.2, 0.25) is 0 Å². The number of anilines is 4. The zero-order valence-corrected chi connectivity index (χ0v) is 35.0. The van der Waals surface area contributed by atoms with Gasteiger partial charge in [0.25, 0.3) is 5.69 Å². The van der Waals surface area contributed by atoms with Crippen LogP contribution in [0.3, 0.4) is 0 Å². The summed E-state index contributed by atoms with van der Waals surface area (Å²) in [6, 6.07) is 36.7. The number of nitro benzene ring substituents is 1. The molecule has 12 nitrogen and oxygen atoms in total. The summed E-state index contributed by atoms with van der Waals surface area (Å²) in [5.41, 5.74) is 11.6. The Labute approximate surface area is 355 Å². The predicted molar refractivity (Wildman–Crippen MR) is 241 cm³/mol. The van der Waals surface area contributed by atoms with Crippen LogP contribution in [0.2, 0.25) is 0 Å². The maximum atomic E-state index is 12.2. The molecule has 310 valence electrons. The number of aromatic nitrogens is 2. The van der Waals surface area contributed by atoms with E-state index < -0.39 is 5.97 Å². The second-order valence-corrected chi connectivity index (χ2v) is 16.0. The van der Waals surface area contributed by atoms with Crippen molar-refractivity contribution in [1.29, 1.82) is 0 Å². The van der Waals surface area contributed by atoms with Gasteiger partial charge < -0.3 is 14.6 Å². The van der Waals surface area contributed by atoms with E-state index in [2.05, 4.69) is 74.5 Å². The van der Waals surface area contributed by atoms with E-state index in [-0.39, 0.29) is 28.9 Å². The standard InChI is InChI=1S/C49H49N7O5/c1-32(57)30-50-34(3)49-51-45-29-43(22-25-48(45)55(49)42-21-24-47(56(59)60)44(28-42)38-13-8-9-14-38)54(40-18-16-37(17-19-40)33(2)52-61-35(4)58)41-20-23-46-39(27-41)15-10-26-53(46)31-36-11-6-5-7-12-36/h5-7,11-12,16-25,27-29,38H,8-10,13-15,26,30-31H2,1-4H3/b50-34?,52-33-. The molecule has 0 bridgehead atoms. The number of aryl methyl sites for hydroxylation is 1. The third-order valence-corrected chi connectivity index (χ3v) is 11.6. The molecule has 0 unspecified atom stereocenters. The number of carbonyl (C=O) groups is 2. The Morgan fingerprint density at radius 2 is 1.56 bits per heavy atom. The van der Waals surface area contributed by atoms with Gasteiger partial charge in [-0.05, 0) is 130 Å². The average molecular weight is 816 g/mol. The van der Waals surface area contributed by atoms with Crippen molar-refractivity contribution >= 4 is 62.6 Å². The smallest absolute Gasteiger partial charge is 0.331 e. The van der Waals surface area contributed by atoms with Gasteiger partial charge in [0.15, 0.2) is 11.6 Å². The number of hydrogen-bond acceptors (Lipinski definition) is 10. The van der Waals surface area contributed by atoms with E-state index >= 15 is 0 Å². The highest BCUT2D eigenvalue weighted by Crippen LogP contribution is 2.42. The van der Waals surface area contributed by atoms with Crippen molar-refractivity contribution in [3.05, 3.63) is 147 Å². The fourth-order valence-electron chi connectivity index (χ4n) is 8.68. The monoisotopic (exact) mass is 815 g/mol. The Balaban J connectivity index is 1.26. The summed E-state index contributed by atoms with van der Waals surface area (Å²) < 4.78 is 2.00. The van der Waals surface area contributed by atoms with Gasteiger partial charge in [0, 0.05) is 60.1 Å². The zero-order chi connectivity index (χ0) is 42.6. The number of rotatable bonds is 13. The van der Waals surface area contributed by atoms with Gasteiger partial charge in [0.05, 0.1) is 33.9 Å². The van der Waals surface area contributed by atoms with Gasteiger partial charge in [-0.2, -0.15) is 0 Å². The van der Waals surface area contributed by atoms with Gasteiger partial charge in [0.1, 0.15) is 0 Å². The predicted octanol–water partition coefficient (Wildman–Crippen LogP) is 10.7. The summed E-state index contributed by atoms with van der Waals surface area (Å²) in [5.74, 6) is 0.119. The van der Waals surface area contributed by atoms with Crippen LogP contribution in [0.1, 0.15) is 93.8 Å². The van der Waals surface area contributed by atoms with Gasteiger partial charge in [-0.15, -0.1) is 0 Å². The Morgan fingerprint density at radius 1 is 0.836 bits per heavy atom. The number of nitrogens with zero attached hydrogens (tertiary/aromatic N) is 7. The normalized spacial score (nSPS) is 14.6. The Bertz CT molecular complexity index is 2680. The number of imidazole rings is 1. The molecule has 6 aromatic rings. The molecule has 8 rings (SSSR count). The minimum atomic E-state index is -0.485. The van der Waals surface area contributed by atoms with Gasteiger partial charge in [-0.1, -0.05) is 60.5 Å². The summed E-state index contributed by atoms with van der Waals surface area (Å²) in [4.78, 5) is 54.8. The summed E-state index contributed by atoms with van der Waals surface area (Å²) in [5, 5.41) is 16.2. The van der Waals surface area contributed by atoms with Crippen LogP contribution in [0.15, 0.2) is 119 Å². The topological polar surface area (TPSA) is 136 Å². The van der Waals surface area contributed by atoms with Crippen LogP contribution in [0.5, 0.6) is 0 Å². The quantitative estimate of drug-likeness (QED) is 0.0486. The Morgan fingerprint density at radius 3 is 2.28 bits per heavy atom. The second kappa shape index (κ2) is 17.7. The lowest BCUT2D eigenvalue weighted by atomic mass is 9.95. The second-order valence-electron chi connectivity index (χ2n) is 16.0. The van der Waals surface area contributed by atoms with Crippen LogP contribution in [-0.4, -0.2) is 50.7 Å². The van der Waals surface area contributed by atoms with Crippen molar-refractivity contribution in [3.8, 4) is 5.69 Å². The molecule has 0 amide bonds. The average Bonchev–Trinajstić information content (AvgIpc) is 3.94. The molecule has 0 spiro atoms. The lowest BCUT2D eigenvalue weighted by Gasteiger charge is -2.33. The van der Waals surface area contributed by atoms with Crippen molar-refractivity contribution in [2.75, 3.05) is 22.9 Å². The van der Waals surface area contributed by atoms with E-state index in [1.54, 1.807) is 19.1 Å². The number of fused-ring (bicyclic) bond motifs is 2. The molecule has 5 aromatic carbocycles. The molecule has 1 fully saturated rings. The fourth-order valence-corrected chi connectivity index (χ4v) is 8.68. The van der Waals surface area contributed by atoms with Crippen molar-refractivity contribution in [1.82, 2.24) is 9.55 Å². The summed E-state index contributed by atoms with van der Waals surface area (Å²) in [6.45, 7) is 8.30. The lowest BCUT2D eigenvalue weighted by molar-refractivity contribution is -0.385. The van der Waals surface area contributed by atoms with Gasteiger partial charge >= 0.3 is 5.97 Å². The minimum Gasteiger partial charge on any atom is -0.367 e. The summed E-state index contributed by atoms with van der Waals surface area (Å²) >= 11 is 0. The van der Waals surface area contributed by atoms with Crippen LogP contribution in [-0.2, 0) is 27.4 Å². The van der Waals surface area contributed by atoms with Gasteiger partial charge in [-0.25, -0.2) is 9.78 Å². The third kappa shape index (κ3) is 8.84.